The van der Waals surface area contributed by atoms with Crippen LogP contribution in [0.1, 0.15) is 18.4 Å². The smallest absolute Gasteiger partial charge is 0.450 e. The Morgan fingerprint density at radius 2 is 1.61 bits per heavy atom. The third kappa shape index (κ3) is 5.47. The molecule has 0 aliphatic heterocycles. The fraction of sp³-hybridized carbons (Fsp3) is 0.185. The van der Waals surface area contributed by atoms with E-state index in [4.69, 9.17) is 14.7 Å². The van der Waals surface area contributed by atoms with Crippen LogP contribution in [0.5, 0.6) is 0 Å². The molecule has 0 spiro atoms. The van der Waals surface area contributed by atoms with Gasteiger partial charge in [0.05, 0.1) is 0 Å². The quantitative estimate of drug-likeness (QED) is 0.200. The molecular formula is C27H22FN3O7. The number of rotatable bonds is 8. The Kier molecular flexibility index (Phi) is 6.75. The molecule has 194 valence electrons. The van der Waals surface area contributed by atoms with Crippen LogP contribution in [0.3, 0.4) is 0 Å². The molecule has 1 aliphatic rings. The zero-order valence-corrected chi connectivity index (χ0v) is 19.8. The monoisotopic (exact) mass is 519 g/mol. The number of hydrogen-bond acceptors (Lipinski definition) is 8. The number of benzene rings is 3. The van der Waals surface area contributed by atoms with Gasteiger partial charge >= 0.3 is 12.3 Å². The molecule has 1 heterocycles. The van der Waals surface area contributed by atoms with Crippen molar-refractivity contribution in [1.82, 2.24) is 15.5 Å². The van der Waals surface area contributed by atoms with Gasteiger partial charge in [0.25, 0.3) is 11.7 Å². The molecule has 0 saturated heterocycles. The van der Waals surface area contributed by atoms with Gasteiger partial charge in [0.1, 0.15) is 5.82 Å². The van der Waals surface area contributed by atoms with Gasteiger partial charge < -0.3 is 29.5 Å². The largest absolute Gasteiger partial charge is 0.509 e. The fourth-order valence-electron chi connectivity index (χ4n) is 4.33. The first-order chi connectivity index (χ1) is 18.3. The Bertz CT molecular complexity index is 1430. The van der Waals surface area contributed by atoms with Crippen molar-refractivity contribution in [2.45, 2.75) is 31.2 Å². The minimum atomic E-state index is -1.68. The molecule has 11 heteroatoms. The molecule has 5 rings (SSSR count). The van der Waals surface area contributed by atoms with Crippen molar-refractivity contribution in [2.75, 3.05) is 0 Å². The van der Waals surface area contributed by atoms with E-state index in [-0.39, 0.29) is 24.8 Å². The minimum absolute atomic E-state index is 0.0717. The van der Waals surface area contributed by atoms with E-state index in [0.29, 0.717) is 29.1 Å². The van der Waals surface area contributed by atoms with E-state index < -0.39 is 23.9 Å². The summed E-state index contributed by atoms with van der Waals surface area (Å²) in [6.07, 6.45) is -3.05. The molecule has 4 aromatic rings. The summed E-state index contributed by atoms with van der Waals surface area (Å²) in [5.41, 5.74) is 3.35. The van der Waals surface area contributed by atoms with Crippen LogP contribution in [-0.4, -0.2) is 44.5 Å². The Hall–Kier alpha value is -4.77. The maximum Gasteiger partial charge on any atom is 0.509 e. The van der Waals surface area contributed by atoms with Crippen LogP contribution in [0.15, 0.2) is 77.3 Å². The topological polar surface area (TPSA) is 144 Å². The molecule has 1 aliphatic carbocycles. The summed E-state index contributed by atoms with van der Waals surface area (Å²) in [6.45, 7) is 0.450. The fourth-order valence-corrected chi connectivity index (χ4v) is 4.33. The van der Waals surface area contributed by atoms with Crippen LogP contribution in [0.4, 0.5) is 14.0 Å². The van der Waals surface area contributed by atoms with E-state index in [1.54, 1.807) is 12.1 Å². The standard InChI is InChI=1S/C27H22FN3O7/c28-22-12-19(10-11-21(22)17-4-2-1-3-5-17)24-30-23(31-38-24)18-8-6-16(7-9-18)15-29-20-13-27(14-20,36-25(32)33)37-26(34)35/h1-12,20,29H,13-15H2,(H,32,33)(H,34,35). The molecule has 38 heavy (non-hydrogen) atoms. The van der Waals surface area contributed by atoms with Crippen molar-refractivity contribution >= 4 is 12.3 Å². The third-order valence-electron chi connectivity index (χ3n) is 6.20. The van der Waals surface area contributed by atoms with Crippen LogP contribution in [0.2, 0.25) is 0 Å². The molecule has 1 fully saturated rings. The van der Waals surface area contributed by atoms with Gasteiger partial charge in [0.2, 0.25) is 5.82 Å². The van der Waals surface area contributed by atoms with Gasteiger partial charge in [-0.05, 0) is 23.3 Å². The summed E-state index contributed by atoms with van der Waals surface area (Å²) in [4.78, 5) is 26.1. The van der Waals surface area contributed by atoms with E-state index in [0.717, 1.165) is 11.1 Å². The highest BCUT2D eigenvalue weighted by atomic mass is 19.1. The second kappa shape index (κ2) is 10.3. The van der Waals surface area contributed by atoms with E-state index in [9.17, 15) is 14.0 Å². The summed E-state index contributed by atoms with van der Waals surface area (Å²) in [6, 6.07) is 21.2. The second-order valence-electron chi connectivity index (χ2n) is 8.81. The molecule has 0 atom stereocenters. The van der Waals surface area contributed by atoms with Crippen molar-refractivity contribution in [1.29, 1.82) is 0 Å². The number of hydrogen-bond donors (Lipinski definition) is 3. The van der Waals surface area contributed by atoms with Crippen molar-refractivity contribution in [3.8, 4) is 34.0 Å². The van der Waals surface area contributed by atoms with Gasteiger partial charge in [0.15, 0.2) is 0 Å². The molecule has 3 N–H and O–H groups in total. The summed E-state index contributed by atoms with van der Waals surface area (Å²) >= 11 is 0. The lowest BCUT2D eigenvalue weighted by Gasteiger charge is -2.43. The average molecular weight is 519 g/mol. The van der Waals surface area contributed by atoms with Crippen molar-refractivity contribution in [2.24, 2.45) is 0 Å². The minimum Gasteiger partial charge on any atom is -0.450 e. The maximum atomic E-state index is 14.7. The number of carbonyl (C=O) groups is 2. The molecule has 0 radical (unpaired) electrons. The van der Waals surface area contributed by atoms with Crippen LogP contribution >= 0.6 is 0 Å². The van der Waals surface area contributed by atoms with Crippen LogP contribution in [0.25, 0.3) is 34.0 Å². The number of aromatic nitrogens is 2. The Morgan fingerprint density at radius 3 is 2.24 bits per heavy atom. The summed E-state index contributed by atoms with van der Waals surface area (Å²) < 4.78 is 29.4. The van der Waals surface area contributed by atoms with Crippen molar-refractivity contribution in [3.05, 3.63) is 84.2 Å². The first kappa shape index (κ1) is 24.9. The molecule has 0 bridgehead atoms. The summed E-state index contributed by atoms with van der Waals surface area (Å²) in [7, 11) is 0. The zero-order valence-electron chi connectivity index (χ0n) is 19.8. The lowest BCUT2D eigenvalue weighted by molar-refractivity contribution is -0.234. The predicted molar refractivity (Wildman–Crippen MR) is 131 cm³/mol. The van der Waals surface area contributed by atoms with Gasteiger partial charge in [-0.25, -0.2) is 14.0 Å². The Balaban J connectivity index is 1.19. The molecule has 0 amide bonds. The molecule has 3 aromatic carbocycles. The van der Waals surface area contributed by atoms with Gasteiger partial charge in [0, 0.05) is 42.1 Å². The lowest BCUT2D eigenvalue weighted by Crippen LogP contribution is -2.57. The van der Waals surface area contributed by atoms with Gasteiger partial charge in [-0.3, -0.25) is 0 Å². The van der Waals surface area contributed by atoms with Gasteiger partial charge in [-0.1, -0.05) is 65.8 Å². The Labute approximate surface area is 215 Å². The zero-order chi connectivity index (χ0) is 26.7. The lowest BCUT2D eigenvalue weighted by atomic mass is 9.84. The maximum absolute atomic E-state index is 14.7. The highest BCUT2D eigenvalue weighted by molar-refractivity contribution is 5.68. The number of ether oxygens (including phenoxy) is 2. The van der Waals surface area contributed by atoms with E-state index in [1.165, 1.54) is 6.07 Å². The van der Waals surface area contributed by atoms with E-state index >= 15 is 0 Å². The summed E-state index contributed by atoms with van der Waals surface area (Å²) in [5, 5.41) is 24.9. The number of carboxylic acid groups (broad SMARTS) is 2. The molecule has 1 saturated carbocycles. The first-order valence-electron chi connectivity index (χ1n) is 11.7. The van der Waals surface area contributed by atoms with Gasteiger partial charge in [-0.2, -0.15) is 4.98 Å². The second-order valence-corrected chi connectivity index (χ2v) is 8.81. The first-order valence-corrected chi connectivity index (χ1v) is 11.7. The number of nitrogens with one attached hydrogen (secondary N) is 1. The average Bonchev–Trinajstić information content (AvgIpc) is 3.36. The highest BCUT2D eigenvalue weighted by Crippen LogP contribution is 2.38. The molecule has 0 unspecified atom stereocenters. The SMILES string of the molecule is O=C(O)OC1(OC(=O)O)CC(NCc2ccc(-c3noc(-c4ccc(-c5ccccc5)c(F)c4)n3)cc2)C1. The van der Waals surface area contributed by atoms with E-state index in [1.807, 2.05) is 54.6 Å². The Morgan fingerprint density at radius 1 is 0.947 bits per heavy atom. The third-order valence-corrected chi connectivity index (χ3v) is 6.20. The van der Waals surface area contributed by atoms with E-state index in [2.05, 4.69) is 24.9 Å². The van der Waals surface area contributed by atoms with Crippen LogP contribution < -0.4 is 5.32 Å². The summed E-state index contributed by atoms with van der Waals surface area (Å²) in [5.74, 6) is -1.52. The normalized spacial score (nSPS) is 14.4. The number of nitrogens with zero attached hydrogens (tertiary/aromatic N) is 2. The molecule has 10 nitrogen and oxygen atoms in total. The predicted octanol–water partition coefficient (Wildman–Crippen LogP) is 5.55. The van der Waals surface area contributed by atoms with Crippen molar-refractivity contribution < 1.29 is 38.2 Å². The molecule has 1 aromatic heterocycles. The highest BCUT2D eigenvalue weighted by Gasteiger charge is 2.51. The number of halogens is 1. The van der Waals surface area contributed by atoms with Crippen molar-refractivity contribution in [3.63, 3.8) is 0 Å². The molecular weight excluding hydrogens is 497 g/mol. The van der Waals surface area contributed by atoms with Crippen LogP contribution in [-0.2, 0) is 16.0 Å². The van der Waals surface area contributed by atoms with Crippen LogP contribution in [0, 0.1) is 5.82 Å². The van der Waals surface area contributed by atoms with Gasteiger partial charge in [-0.15, -0.1) is 0 Å².